The van der Waals surface area contributed by atoms with Crippen molar-refractivity contribution in [3.63, 3.8) is 0 Å². The molecule has 1 aromatic rings. The van der Waals surface area contributed by atoms with Crippen LogP contribution >= 0.6 is 11.3 Å². The highest BCUT2D eigenvalue weighted by Crippen LogP contribution is 2.49. The van der Waals surface area contributed by atoms with Crippen molar-refractivity contribution in [2.45, 2.75) is 18.4 Å². The summed E-state index contributed by atoms with van der Waals surface area (Å²) in [6, 6.07) is 2.03. The quantitative estimate of drug-likeness (QED) is 0.487. The van der Waals surface area contributed by atoms with Crippen LogP contribution in [0.4, 0.5) is 0 Å². The van der Waals surface area contributed by atoms with Crippen molar-refractivity contribution in [3.05, 3.63) is 22.4 Å². The van der Waals surface area contributed by atoms with Gasteiger partial charge in [0.15, 0.2) is 0 Å². The molecule has 0 unspecified atom stereocenters. The fourth-order valence-electron chi connectivity index (χ4n) is 1.20. The Morgan fingerprint density at radius 2 is 2.45 bits per heavy atom. The molecule has 0 aliphatic heterocycles. The number of hydrogen-bond donors (Lipinski definition) is 0. The highest BCUT2D eigenvalue weighted by Gasteiger charge is 2.44. The van der Waals surface area contributed by atoms with Crippen molar-refractivity contribution in [1.82, 2.24) is 0 Å². The molecule has 1 aliphatic carbocycles. The van der Waals surface area contributed by atoms with Crippen molar-refractivity contribution >= 4 is 17.4 Å². The van der Waals surface area contributed by atoms with Gasteiger partial charge in [-0.15, -0.1) is 0 Å². The first-order chi connectivity index (χ1) is 5.37. The second-order valence-electron chi connectivity index (χ2n) is 2.75. The molecular weight excluding hydrogens is 158 g/mol. The zero-order chi connectivity index (χ0) is 7.73. The van der Waals surface area contributed by atoms with Crippen molar-refractivity contribution in [3.8, 4) is 0 Å². The maximum absolute atomic E-state index is 10.1. The molecule has 0 aromatic carbocycles. The van der Waals surface area contributed by atoms with E-state index in [1.54, 1.807) is 17.4 Å². The topological polar surface area (TPSA) is 29.4 Å². The second-order valence-corrected chi connectivity index (χ2v) is 3.53. The van der Waals surface area contributed by atoms with Gasteiger partial charge in [-0.05, 0) is 35.2 Å². The van der Waals surface area contributed by atoms with Gasteiger partial charge in [0, 0.05) is 0 Å². The molecule has 1 saturated carbocycles. The van der Waals surface area contributed by atoms with E-state index in [1.807, 2.05) is 16.8 Å². The van der Waals surface area contributed by atoms with E-state index in [0.29, 0.717) is 0 Å². The Bertz CT molecular complexity index is 294. The Labute approximate surface area is 68.6 Å². The summed E-state index contributed by atoms with van der Waals surface area (Å²) in [6.45, 7) is 0. The predicted octanol–water partition coefficient (Wildman–Crippen LogP) is 2.07. The van der Waals surface area contributed by atoms with Crippen LogP contribution in [0.25, 0.3) is 0 Å². The number of hydrogen-bond acceptors (Lipinski definition) is 3. The van der Waals surface area contributed by atoms with Crippen LogP contribution in [0.5, 0.6) is 0 Å². The Morgan fingerprint density at radius 1 is 1.64 bits per heavy atom. The maximum Gasteiger partial charge on any atom is 0.235 e. The normalized spacial score (nSPS) is 18.9. The maximum atomic E-state index is 10.1. The Kier molecular flexibility index (Phi) is 1.41. The molecule has 1 aliphatic rings. The second kappa shape index (κ2) is 2.29. The minimum Gasteiger partial charge on any atom is -0.211 e. The van der Waals surface area contributed by atoms with Gasteiger partial charge in [-0.1, -0.05) is 0 Å². The number of nitrogens with zero attached hydrogens (tertiary/aromatic N) is 1. The van der Waals surface area contributed by atoms with Gasteiger partial charge in [0.05, 0.1) is 5.54 Å². The van der Waals surface area contributed by atoms with Crippen molar-refractivity contribution < 1.29 is 4.79 Å². The summed E-state index contributed by atoms with van der Waals surface area (Å²) in [5.74, 6) is 0. The van der Waals surface area contributed by atoms with Crippen molar-refractivity contribution in [2.24, 2.45) is 4.99 Å². The van der Waals surface area contributed by atoms with Crippen molar-refractivity contribution in [1.29, 1.82) is 0 Å². The lowest BCUT2D eigenvalue weighted by molar-refractivity contribution is 0.556. The zero-order valence-corrected chi connectivity index (χ0v) is 6.73. The first-order valence-electron chi connectivity index (χ1n) is 3.49. The minimum atomic E-state index is -0.165. The Balaban J connectivity index is 2.35. The summed E-state index contributed by atoms with van der Waals surface area (Å²) in [6.07, 6.45) is 3.64. The fraction of sp³-hybridized carbons (Fsp3) is 0.375. The van der Waals surface area contributed by atoms with Crippen LogP contribution in [0, 0.1) is 0 Å². The molecule has 3 heteroatoms. The molecule has 2 rings (SSSR count). The van der Waals surface area contributed by atoms with E-state index >= 15 is 0 Å². The minimum absolute atomic E-state index is 0.165. The molecule has 0 atom stereocenters. The fourth-order valence-corrected chi connectivity index (χ4v) is 1.95. The summed E-state index contributed by atoms with van der Waals surface area (Å²) >= 11 is 1.64. The van der Waals surface area contributed by atoms with Gasteiger partial charge < -0.3 is 0 Å². The molecule has 11 heavy (non-hydrogen) atoms. The summed E-state index contributed by atoms with van der Waals surface area (Å²) in [5, 5.41) is 4.06. The smallest absolute Gasteiger partial charge is 0.211 e. The number of thiophene rings is 1. The van der Waals surface area contributed by atoms with Crippen LogP contribution in [0.3, 0.4) is 0 Å². The Morgan fingerprint density at radius 3 is 2.91 bits per heavy atom. The lowest BCUT2D eigenvalue weighted by Gasteiger charge is -2.01. The van der Waals surface area contributed by atoms with Crippen LogP contribution in [0.15, 0.2) is 21.8 Å². The molecule has 1 aromatic heterocycles. The van der Waals surface area contributed by atoms with Gasteiger partial charge in [0.2, 0.25) is 6.08 Å². The molecular formula is C8H7NOS. The van der Waals surface area contributed by atoms with E-state index in [2.05, 4.69) is 4.99 Å². The van der Waals surface area contributed by atoms with Gasteiger partial charge >= 0.3 is 0 Å². The highest BCUT2D eigenvalue weighted by molar-refractivity contribution is 7.08. The first kappa shape index (κ1) is 6.77. The monoisotopic (exact) mass is 165 g/mol. The molecule has 2 nitrogen and oxygen atoms in total. The molecule has 0 amide bonds. The van der Waals surface area contributed by atoms with Crippen LogP contribution in [-0.4, -0.2) is 6.08 Å². The van der Waals surface area contributed by atoms with E-state index in [9.17, 15) is 4.79 Å². The summed E-state index contributed by atoms with van der Waals surface area (Å²) in [5.41, 5.74) is 1.01. The first-order valence-corrected chi connectivity index (χ1v) is 4.43. The third kappa shape index (κ3) is 1.02. The number of carbonyl (C=O) groups excluding carboxylic acids is 1. The summed E-state index contributed by atoms with van der Waals surface area (Å²) in [4.78, 5) is 13.9. The van der Waals surface area contributed by atoms with E-state index in [-0.39, 0.29) is 5.54 Å². The average molecular weight is 165 g/mol. The van der Waals surface area contributed by atoms with Gasteiger partial charge in [-0.25, -0.2) is 4.79 Å². The zero-order valence-electron chi connectivity index (χ0n) is 5.91. The summed E-state index contributed by atoms with van der Waals surface area (Å²) in [7, 11) is 0. The number of rotatable bonds is 2. The van der Waals surface area contributed by atoms with E-state index in [0.717, 1.165) is 12.8 Å². The molecule has 0 saturated heterocycles. The predicted molar refractivity (Wildman–Crippen MR) is 43.4 cm³/mol. The molecule has 0 N–H and O–H groups in total. The molecule has 1 fully saturated rings. The Hall–Kier alpha value is -0.920. The molecule has 0 radical (unpaired) electrons. The standard InChI is InChI=1S/C8H7NOS/c10-6-9-8(2-3-8)7-1-4-11-5-7/h1,4-5H,2-3H2. The van der Waals surface area contributed by atoms with E-state index < -0.39 is 0 Å². The molecule has 0 bridgehead atoms. The third-order valence-electron chi connectivity index (χ3n) is 2.04. The molecule has 0 spiro atoms. The van der Waals surface area contributed by atoms with E-state index in [1.165, 1.54) is 5.56 Å². The van der Waals surface area contributed by atoms with E-state index in [4.69, 9.17) is 0 Å². The summed E-state index contributed by atoms with van der Waals surface area (Å²) < 4.78 is 0. The van der Waals surface area contributed by atoms with Gasteiger partial charge in [0.25, 0.3) is 0 Å². The SMILES string of the molecule is O=C=NC1(c2ccsc2)CC1. The van der Waals surface area contributed by atoms with Crippen LogP contribution in [0.1, 0.15) is 18.4 Å². The van der Waals surface area contributed by atoms with Crippen molar-refractivity contribution in [2.75, 3.05) is 0 Å². The van der Waals surface area contributed by atoms with Gasteiger partial charge in [-0.2, -0.15) is 16.3 Å². The van der Waals surface area contributed by atoms with Crippen LogP contribution < -0.4 is 0 Å². The highest BCUT2D eigenvalue weighted by atomic mass is 32.1. The molecule has 1 heterocycles. The lowest BCUT2D eigenvalue weighted by Crippen LogP contribution is -1.98. The van der Waals surface area contributed by atoms with Gasteiger partial charge in [0.1, 0.15) is 0 Å². The average Bonchev–Trinajstić information content (AvgIpc) is 2.63. The largest absolute Gasteiger partial charge is 0.235 e. The number of aliphatic imine (C=N–C) groups is 1. The third-order valence-corrected chi connectivity index (χ3v) is 2.73. The molecule has 56 valence electrons. The van der Waals surface area contributed by atoms with Crippen LogP contribution in [-0.2, 0) is 10.3 Å². The lowest BCUT2D eigenvalue weighted by atomic mass is 10.1. The number of isocyanates is 1. The van der Waals surface area contributed by atoms with Gasteiger partial charge in [-0.3, -0.25) is 0 Å². The van der Waals surface area contributed by atoms with Crippen LogP contribution in [0.2, 0.25) is 0 Å².